The van der Waals surface area contributed by atoms with Gasteiger partial charge in [0.15, 0.2) is 5.76 Å². The molecule has 1 aromatic heterocycles. The fourth-order valence-corrected chi connectivity index (χ4v) is 4.15. The van der Waals surface area contributed by atoms with Crippen molar-refractivity contribution < 1.29 is 31.9 Å². The Labute approximate surface area is 206 Å². The molecule has 0 atom stereocenters. The van der Waals surface area contributed by atoms with E-state index in [1.54, 1.807) is 53.1 Å². The van der Waals surface area contributed by atoms with Crippen LogP contribution < -0.4 is 4.74 Å². The van der Waals surface area contributed by atoms with Crippen molar-refractivity contribution in [1.82, 2.24) is 9.80 Å². The number of alkyl halides is 3. The molecule has 2 heterocycles. The van der Waals surface area contributed by atoms with E-state index in [1.165, 1.54) is 30.5 Å². The number of carbonyl (C=O) groups is 2. The molecule has 0 unspecified atom stereocenters. The highest BCUT2D eigenvalue weighted by atomic mass is 19.4. The zero-order valence-electron chi connectivity index (χ0n) is 19.6. The molecule has 1 fully saturated rings. The van der Waals surface area contributed by atoms with Crippen LogP contribution in [0.25, 0.3) is 17.2 Å². The Kier molecular flexibility index (Phi) is 7.47. The van der Waals surface area contributed by atoms with Gasteiger partial charge in [0, 0.05) is 43.4 Å². The number of nitrogens with zero attached hydrogens (tertiary/aromatic N) is 2. The van der Waals surface area contributed by atoms with Crippen LogP contribution in [0.1, 0.15) is 28.6 Å². The van der Waals surface area contributed by atoms with Gasteiger partial charge < -0.3 is 19.0 Å². The first-order valence-electron chi connectivity index (χ1n) is 11.5. The summed E-state index contributed by atoms with van der Waals surface area (Å²) >= 11 is 0. The maximum atomic E-state index is 13.9. The normalized spacial score (nSPS) is 14.3. The number of benzene rings is 2. The zero-order chi connectivity index (χ0) is 25.7. The molecule has 1 saturated heterocycles. The SMILES string of the molecule is CCOc1ccccc1-c1c(/C=C/C(=O)N2CCN(C(=O)c3ccco3)CC2)cccc1C(F)(F)F. The molecule has 0 radical (unpaired) electrons. The van der Waals surface area contributed by atoms with Crippen molar-refractivity contribution in [2.45, 2.75) is 13.1 Å². The molecule has 0 aliphatic carbocycles. The number of para-hydroxylation sites is 1. The first-order chi connectivity index (χ1) is 17.3. The number of carbonyl (C=O) groups excluding carboxylic acids is 2. The van der Waals surface area contributed by atoms with Gasteiger partial charge in [0.2, 0.25) is 5.91 Å². The molecular formula is C27H25F3N2O4. The lowest BCUT2D eigenvalue weighted by molar-refractivity contribution is -0.137. The Hall–Kier alpha value is -4.01. The molecule has 0 N–H and O–H groups in total. The van der Waals surface area contributed by atoms with E-state index in [4.69, 9.17) is 9.15 Å². The van der Waals surface area contributed by atoms with Crippen molar-refractivity contribution in [3.63, 3.8) is 0 Å². The molecule has 1 aliphatic rings. The summed E-state index contributed by atoms with van der Waals surface area (Å²) in [5.74, 6) is -0.0279. The van der Waals surface area contributed by atoms with Crippen LogP contribution in [0.2, 0.25) is 0 Å². The molecule has 2 aromatic carbocycles. The fourth-order valence-electron chi connectivity index (χ4n) is 4.15. The highest BCUT2D eigenvalue weighted by molar-refractivity contribution is 5.95. The molecule has 188 valence electrons. The topological polar surface area (TPSA) is 63.0 Å². The second-order valence-electron chi connectivity index (χ2n) is 8.12. The summed E-state index contributed by atoms with van der Waals surface area (Å²) in [6, 6.07) is 13.6. The predicted octanol–water partition coefficient (Wildman–Crippen LogP) is 5.36. The largest absolute Gasteiger partial charge is 0.493 e. The van der Waals surface area contributed by atoms with Gasteiger partial charge in [-0.1, -0.05) is 30.3 Å². The van der Waals surface area contributed by atoms with E-state index in [-0.39, 0.29) is 28.7 Å². The number of furan rings is 1. The third-order valence-corrected chi connectivity index (χ3v) is 5.87. The van der Waals surface area contributed by atoms with Gasteiger partial charge in [-0.2, -0.15) is 13.2 Å². The molecule has 1 aliphatic heterocycles. The van der Waals surface area contributed by atoms with Gasteiger partial charge in [-0.25, -0.2) is 0 Å². The van der Waals surface area contributed by atoms with Crippen LogP contribution >= 0.6 is 0 Å². The Balaban J connectivity index is 1.56. The summed E-state index contributed by atoms with van der Waals surface area (Å²) in [4.78, 5) is 28.4. The lowest BCUT2D eigenvalue weighted by atomic mass is 9.93. The third kappa shape index (κ3) is 5.45. The maximum Gasteiger partial charge on any atom is 0.417 e. The molecule has 9 heteroatoms. The number of rotatable bonds is 6. The first-order valence-corrected chi connectivity index (χ1v) is 11.5. The van der Waals surface area contributed by atoms with Gasteiger partial charge in [0.05, 0.1) is 18.4 Å². The number of halogens is 3. The van der Waals surface area contributed by atoms with Gasteiger partial charge in [-0.3, -0.25) is 9.59 Å². The fraction of sp³-hybridized carbons (Fsp3) is 0.259. The van der Waals surface area contributed by atoms with Gasteiger partial charge in [0.25, 0.3) is 5.91 Å². The van der Waals surface area contributed by atoms with Gasteiger partial charge in [-0.15, -0.1) is 0 Å². The van der Waals surface area contributed by atoms with Crippen LogP contribution in [-0.4, -0.2) is 54.4 Å². The third-order valence-electron chi connectivity index (χ3n) is 5.87. The van der Waals surface area contributed by atoms with Crippen LogP contribution in [-0.2, 0) is 11.0 Å². The molecule has 0 bridgehead atoms. The number of amides is 2. The number of ether oxygens (including phenoxy) is 1. The van der Waals surface area contributed by atoms with Gasteiger partial charge in [0.1, 0.15) is 5.75 Å². The minimum atomic E-state index is -4.60. The van der Waals surface area contributed by atoms with Crippen LogP contribution in [0.5, 0.6) is 5.75 Å². The minimum absolute atomic E-state index is 0.0491. The second-order valence-corrected chi connectivity index (χ2v) is 8.12. The van der Waals surface area contributed by atoms with E-state index in [1.807, 2.05) is 0 Å². The monoisotopic (exact) mass is 498 g/mol. The average molecular weight is 499 g/mol. The molecule has 0 saturated carbocycles. The second kappa shape index (κ2) is 10.7. The minimum Gasteiger partial charge on any atom is -0.493 e. The quantitative estimate of drug-likeness (QED) is 0.429. The summed E-state index contributed by atoms with van der Waals surface area (Å²) in [6.45, 7) is 3.32. The van der Waals surface area contributed by atoms with Crippen molar-refractivity contribution in [2.75, 3.05) is 32.8 Å². The van der Waals surface area contributed by atoms with E-state index < -0.39 is 11.7 Å². The number of hydrogen-bond donors (Lipinski definition) is 0. The standard InChI is InChI=1S/C27H25F3N2O4/c1-2-35-22-10-4-3-8-20(22)25-19(7-5-9-21(25)27(28,29)30)12-13-24(33)31-14-16-32(17-15-31)26(34)23-11-6-18-36-23/h3-13,18H,2,14-17H2,1H3/b13-12+. The summed E-state index contributed by atoms with van der Waals surface area (Å²) in [7, 11) is 0. The summed E-state index contributed by atoms with van der Waals surface area (Å²) in [6.07, 6.45) is -0.506. The predicted molar refractivity (Wildman–Crippen MR) is 128 cm³/mol. The smallest absolute Gasteiger partial charge is 0.417 e. The van der Waals surface area contributed by atoms with Crippen LogP contribution in [0.3, 0.4) is 0 Å². The van der Waals surface area contributed by atoms with E-state index in [2.05, 4.69) is 0 Å². The maximum absolute atomic E-state index is 13.9. The molecule has 0 spiro atoms. The summed E-state index contributed by atoms with van der Waals surface area (Å²) in [5, 5.41) is 0. The van der Waals surface area contributed by atoms with E-state index in [0.717, 1.165) is 6.07 Å². The summed E-state index contributed by atoms with van der Waals surface area (Å²) in [5.41, 5.74) is -0.317. The average Bonchev–Trinajstić information content (AvgIpc) is 3.42. The molecule has 6 nitrogen and oxygen atoms in total. The zero-order valence-corrected chi connectivity index (χ0v) is 19.6. The summed E-state index contributed by atoms with van der Waals surface area (Å²) < 4.78 is 52.6. The molecule has 2 amide bonds. The Morgan fingerprint density at radius 1 is 0.972 bits per heavy atom. The van der Waals surface area contributed by atoms with E-state index >= 15 is 0 Å². The first kappa shape index (κ1) is 25.1. The lowest BCUT2D eigenvalue weighted by Gasteiger charge is -2.33. The van der Waals surface area contributed by atoms with Crippen LogP contribution in [0, 0.1) is 0 Å². The Morgan fingerprint density at radius 2 is 1.69 bits per heavy atom. The van der Waals surface area contributed by atoms with Crippen molar-refractivity contribution in [1.29, 1.82) is 0 Å². The molecule has 3 aromatic rings. The molecular weight excluding hydrogens is 473 g/mol. The number of hydrogen-bond acceptors (Lipinski definition) is 4. The van der Waals surface area contributed by atoms with Gasteiger partial charge >= 0.3 is 6.18 Å². The van der Waals surface area contributed by atoms with Crippen LogP contribution in [0.15, 0.2) is 71.4 Å². The van der Waals surface area contributed by atoms with Crippen molar-refractivity contribution >= 4 is 17.9 Å². The number of piperazine rings is 1. The van der Waals surface area contributed by atoms with E-state index in [9.17, 15) is 22.8 Å². The molecule has 4 rings (SSSR count). The van der Waals surface area contributed by atoms with E-state index in [0.29, 0.717) is 44.1 Å². The van der Waals surface area contributed by atoms with Crippen molar-refractivity contribution in [3.05, 3.63) is 83.8 Å². The van der Waals surface area contributed by atoms with Gasteiger partial charge in [-0.05, 0) is 42.8 Å². The Morgan fingerprint density at radius 3 is 2.36 bits per heavy atom. The van der Waals surface area contributed by atoms with Crippen molar-refractivity contribution in [3.8, 4) is 16.9 Å². The highest BCUT2D eigenvalue weighted by Crippen LogP contribution is 2.42. The van der Waals surface area contributed by atoms with Crippen molar-refractivity contribution in [2.24, 2.45) is 0 Å². The Bertz CT molecular complexity index is 1240. The van der Waals surface area contributed by atoms with Crippen LogP contribution in [0.4, 0.5) is 13.2 Å². The lowest BCUT2D eigenvalue weighted by Crippen LogP contribution is -2.50. The molecule has 36 heavy (non-hydrogen) atoms. The highest BCUT2D eigenvalue weighted by Gasteiger charge is 2.35.